The van der Waals surface area contributed by atoms with Crippen molar-refractivity contribution < 1.29 is 9.57 Å². The average molecular weight is 236 g/mol. The molecule has 0 atom stereocenters. The van der Waals surface area contributed by atoms with Gasteiger partial charge < -0.3 is 15.3 Å². The van der Waals surface area contributed by atoms with Gasteiger partial charge in [-0.15, -0.1) is 0 Å². The summed E-state index contributed by atoms with van der Waals surface area (Å²) in [6, 6.07) is 5.90. The van der Waals surface area contributed by atoms with E-state index in [1.807, 2.05) is 32.0 Å². The number of aryl methyl sites for hydroxylation is 1. The van der Waals surface area contributed by atoms with Crippen molar-refractivity contribution in [2.75, 3.05) is 26.1 Å². The predicted octanol–water partition coefficient (Wildman–Crippen LogP) is 2.35. The number of methoxy groups -OCH3 is 1. The Morgan fingerprint density at radius 3 is 2.76 bits per heavy atom. The topological polar surface area (TPSA) is 56.8 Å². The third kappa shape index (κ3) is 4.07. The molecule has 4 nitrogen and oxygen atoms in total. The summed E-state index contributed by atoms with van der Waals surface area (Å²) in [6.45, 7) is 5.04. The lowest BCUT2D eigenvalue weighted by Gasteiger charge is -2.08. The van der Waals surface area contributed by atoms with E-state index in [2.05, 4.69) is 5.16 Å². The zero-order valence-corrected chi connectivity index (χ0v) is 10.7. The highest BCUT2D eigenvalue weighted by molar-refractivity contribution is 6.04. The number of oxime groups is 1. The lowest BCUT2D eigenvalue weighted by Crippen LogP contribution is -2.06. The van der Waals surface area contributed by atoms with Gasteiger partial charge in [0.25, 0.3) is 0 Å². The second-order valence-corrected chi connectivity index (χ2v) is 3.81. The molecule has 2 N–H and O–H groups in total. The van der Waals surface area contributed by atoms with Crippen LogP contribution in [-0.4, -0.2) is 26.0 Å². The minimum absolute atomic E-state index is 0.450. The molecule has 17 heavy (non-hydrogen) atoms. The molecule has 0 spiro atoms. The molecule has 0 saturated carbocycles. The number of benzene rings is 1. The quantitative estimate of drug-likeness (QED) is 0.357. The highest BCUT2D eigenvalue weighted by Crippen LogP contribution is 2.16. The number of nitrogens with two attached hydrogens (primary N) is 1. The van der Waals surface area contributed by atoms with Crippen LogP contribution in [0.15, 0.2) is 23.4 Å². The Labute approximate surface area is 102 Å². The number of hydrogen-bond donors (Lipinski definition) is 1. The first-order valence-corrected chi connectivity index (χ1v) is 5.73. The third-order valence-corrected chi connectivity index (χ3v) is 2.41. The number of anilines is 1. The van der Waals surface area contributed by atoms with Crippen molar-refractivity contribution in [3.63, 3.8) is 0 Å². The second-order valence-electron chi connectivity index (χ2n) is 3.81. The number of rotatable bonds is 6. The Morgan fingerprint density at radius 1 is 1.35 bits per heavy atom. The predicted molar refractivity (Wildman–Crippen MR) is 70.2 cm³/mol. The number of ether oxygens (including phenoxy) is 1. The molecule has 0 fully saturated rings. The van der Waals surface area contributed by atoms with Gasteiger partial charge in [0.05, 0.1) is 12.3 Å². The largest absolute Gasteiger partial charge is 0.398 e. The lowest BCUT2D eigenvalue weighted by molar-refractivity contribution is 0.0749. The standard InChI is InChI=1S/C13H20N2O2/c1-4-13(15-17-8-7-16-3)11-9-10(2)5-6-12(11)14/h5-6,9H,4,7-8,14H2,1-3H3/b15-13+. The van der Waals surface area contributed by atoms with Gasteiger partial charge in [-0.25, -0.2) is 0 Å². The van der Waals surface area contributed by atoms with Crippen molar-refractivity contribution in [1.82, 2.24) is 0 Å². The summed E-state index contributed by atoms with van der Waals surface area (Å²) >= 11 is 0. The van der Waals surface area contributed by atoms with Gasteiger partial charge >= 0.3 is 0 Å². The molecule has 94 valence electrons. The molecule has 0 unspecified atom stereocenters. The van der Waals surface area contributed by atoms with Crippen molar-refractivity contribution in [3.05, 3.63) is 29.3 Å². The zero-order valence-electron chi connectivity index (χ0n) is 10.7. The fourth-order valence-electron chi connectivity index (χ4n) is 1.47. The first-order chi connectivity index (χ1) is 8.19. The van der Waals surface area contributed by atoms with Crippen LogP contribution in [0.5, 0.6) is 0 Å². The van der Waals surface area contributed by atoms with E-state index < -0.39 is 0 Å². The molecule has 0 aliphatic heterocycles. The average Bonchev–Trinajstić information content (AvgIpc) is 2.33. The van der Waals surface area contributed by atoms with Gasteiger partial charge in [-0.1, -0.05) is 23.7 Å². The molecule has 4 heteroatoms. The maximum Gasteiger partial charge on any atom is 0.140 e. The fourth-order valence-corrected chi connectivity index (χ4v) is 1.47. The lowest BCUT2D eigenvalue weighted by atomic mass is 10.0. The molecule has 0 heterocycles. The Morgan fingerprint density at radius 2 is 2.12 bits per heavy atom. The van der Waals surface area contributed by atoms with Crippen molar-refractivity contribution in [2.45, 2.75) is 20.3 Å². The molecular weight excluding hydrogens is 216 g/mol. The highest BCUT2D eigenvalue weighted by Gasteiger charge is 2.06. The minimum atomic E-state index is 0.450. The summed E-state index contributed by atoms with van der Waals surface area (Å²) in [7, 11) is 1.63. The molecule has 0 radical (unpaired) electrons. The Balaban J connectivity index is 2.81. The van der Waals surface area contributed by atoms with Gasteiger partial charge in [0.2, 0.25) is 0 Å². The maximum atomic E-state index is 5.94. The molecule has 0 aromatic heterocycles. The molecule has 1 rings (SSSR count). The molecule has 0 aliphatic carbocycles. The molecule has 1 aromatic carbocycles. The van der Waals surface area contributed by atoms with Crippen molar-refractivity contribution in [3.8, 4) is 0 Å². The van der Waals surface area contributed by atoms with Crippen molar-refractivity contribution in [2.24, 2.45) is 5.16 Å². The van der Waals surface area contributed by atoms with Crippen LogP contribution < -0.4 is 5.73 Å². The SMILES string of the molecule is CC/C(=N\OCCOC)c1cc(C)ccc1N. The van der Waals surface area contributed by atoms with Crippen LogP contribution >= 0.6 is 0 Å². The first-order valence-electron chi connectivity index (χ1n) is 5.73. The van der Waals surface area contributed by atoms with Crippen LogP contribution in [0.2, 0.25) is 0 Å². The van der Waals surface area contributed by atoms with E-state index in [4.69, 9.17) is 15.3 Å². The van der Waals surface area contributed by atoms with Gasteiger partial charge in [-0.2, -0.15) is 0 Å². The van der Waals surface area contributed by atoms with Gasteiger partial charge in [0.15, 0.2) is 0 Å². The van der Waals surface area contributed by atoms with E-state index >= 15 is 0 Å². The summed E-state index contributed by atoms with van der Waals surface area (Å²) in [5.41, 5.74) is 9.64. The summed E-state index contributed by atoms with van der Waals surface area (Å²) in [5.74, 6) is 0. The van der Waals surface area contributed by atoms with Crippen LogP contribution in [0.3, 0.4) is 0 Å². The number of nitrogen functional groups attached to an aromatic ring is 1. The van der Waals surface area contributed by atoms with Crippen LogP contribution in [0.4, 0.5) is 5.69 Å². The molecule has 0 bridgehead atoms. The van der Waals surface area contributed by atoms with Crippen LogP contribution in [0.25, 0.3) is 0 Å². The van der Waals surface area contributed by atoms with Crippen molar-refractivity contribution in [1.29, 1.82) is 0 Å². The smallest absolute Gasteiger partial charge is 0.140 e. The molecule has 1 aromatic rings. The van der Waals surface area contributed by atoms with E-state index in [1.54, 1.807) is 7.11 Å². The van der Waals surface area contributed by atoms with Crippen LogP contribution in [-0.2, 0) is 9.57 Å². The molecule has 0 saturated heterocycles. The van der Waals surface area contributed by atoms with Gasteiger partial charge in [0.1, 0.15) is 6.61 Å². The summed E-state index contributed by atoms with van der Waals surface area (Å²) in [6.07, 6.45) is 0.778. The third-order valence-electron chi connectivity index (χ3n) is 2.41. The summed E-state index contributed by atoms with van der Waals surface area (Å²) in [5, 5.41) is 4.11. The van der Waals surface area contributed by atoms with Crippen molar-refractivity contribution >= 4 is 11.4 Å². The maximum absolute atomic E-state index is 5.94. The summed E-state index contributed by atoms with van der Waals surface area (Å²) < 4.78 is 4.89. The minimum Gasteiger partial charge on any atom is -0.398 e. The van der Waals surface area contributed by atoms with E-state index in [9.17, 15) is 0 Å². The van der Waals surface area contributed by atoms with Gasteiger partial charge in [-0.3, -0.25) is 0 Å². The van der Waals surface area contributed by atoms with Crippen LogP contribution in [0.1, 0.15) is 24.5 Å². The van der Waals surface area contributed by atoms with E-state index in [-0.39, 0.29) is 0 Å². The Hall–Kier alpha value is -1.55. The second kappa shape index (κ2) is 6.91. The molecule has 0 amide bonds. The van der Waals surface area contributed by atoms with Crippen LogP contribution in [0, 0.1) is 6.92 Å². The molecular formula is C13H20N2O2. The monoisotopic (exact) mass is 236 g/mol. The molecule has 0 aliphatic rings. The van der Waals surface area contributed by atoms with E-state index in [1.165, 1.54) is 0 Å². The number of nitrogens with zero attached hydrogens (tertiary/aromatic N) is 1. The number of hydrogen-bond acceptors (Lipinski definition) is 4. The first kappa shape index (κ1) is 13.5. The fraction of sp³-hybridized carbons (Fsp3) is 0.462. The van der Waals surface area contributed by atoms with Gasteiger partial charge in [-0.05, 0) is 25.5 Å². The van der Waals surface area contributed by atoms with E-state index in [0.29, 0.717) is 13.2 Å². The Kier molecular flexibility index (Phi) is 5.49. The summed E-state index contributed by atoms with van der Waals surface area (Å²) in [4.78, 5) is 5.18. The van der Waals surface area contributed by atoms with E-state index in [0.717, 1.165) is 28.9 Å². The van der Waals surface area contributed by atoms with Gasteiger partial charge in [0, 0.05) is 18.4 Å². The highest BCUT2D eigenvalue weighted by atomic mass is 16.6. The normalized spacial score (nSPS) is 11.6. The zero-order chi connectivity index (χ0) is 12.7. The Bertz CT molecular complexity index is 389.